The van der Waals surface area contributed by atoms with Crippen LogP contribution in [0.15, 0.2) is 18.2 Å². The summed E-state index contributed by atoms with van der Waals surface area (Å²) in [6.07, 6.45) is -9.75. The van der Waals surface area contributed by atoms with Gasteiger partial charge in [0, 0.05) is 5.56 Å². The largest absolute Gasteiger partial charge is 0.493 e. The second kappa shape index (κ2) is 5.40. The molecule has 2 rings (SSSR count). The lowest BCUT2D eigenvalue weighted by Gasteiger charge is -2.30. The lowest BCUT2D eigenvalue weighted by atomic mass is 9.89. The van der Waals surface area contributed by atoms with Crippen LogP contribution in [0, 0.1) is 5.92 Å². The van der Waals surface area contributed by atoms with Crippen molar-refractivity contribution in [1.29, 1.82) is 0 Å². The molecule has 0 aromatic heterocycles. The molecule has 1 aliphatic rings. The fourth-order valence-electron chi connectivity index (χ4n) is 2.45. The van der Waals surface area contributed by atoms with Crippen LogP contribution in [0.25, 0.3) is 0 Å². The average molecular weight is 313 g/mol. The van der Waals surface area contributed by atoms with Crippen LogP contribution in [-0.2, 0) is 6.42 Å². The van der Waals surface area contributed by atoms with Gasteiger partial charge >= 0.3 is 12.4 Å². The monoisotopic (exact) mass is 313 g/mol. The van der Waals surface area contributed by atoms with E-state index in [0.717, 1.165) is 6.07 Å². The van der Waals surface area contributed by atoms with Gasteiger partial charge in [-0.25, -0.2) is 0 Å². The zero-order valence-electron chi connectivity index (χ0n) is 10.8. The summed E-state index contributed by atoms with van der Waals surface area (Å²) in [6, 6.07) is 1.91. The van der Waals surface area contributed by atoms with Crippen LogP contribution in [0.1, 0.15) is 23.6 Å². The Morgan fingerprint density at radius 3 is 2.24 bits per heavy atom. The lowest BCUT2D eigenvalue weighted by molar-refractivity contribution is -0.290. The molecule has 0 fully saturated rings. The zero-order chi connectivity index (χ0) is 15.8. The molecular formula is C13H13F6NO. The summed E-state index contributed by atoms with van der Waals surface area (Å²) in [4.78, 5) is 0. The van der Waals surface area contributed by atoms with E-state index in [1.807, 2.05) is 0 Å². The molecule has 2 nitrogen and oxygen atoms in total. The molecule has 1 aromatic rings. The Morgan fingerprint density at radius 2 is 1.67 bits per heavy atom. The molecular weight excluding hydrogens is 300 g/mol. The summed E-state index contributed by atoms with van der Waals surface area (Å²) in [5.74, 6) is -3.57. The summed E-state index contributed by atoms with van der Waals surface area (Å²) in [7, 11) is 0. The maximum absolute atomic E-state index is 12.7. The van der Waals surface area contributed by atoms with E-state index in [0.29, 0.717) is 18.4 Å². The van der Waals surface area contributed by atoms with Crippen molar-refractivity contribution in [3.05, 3.63) is 29.3 Å². The maximum atomic E-state index is 12.7. The summed E-state index contributed by atoms with van der Waals surface area (Å²) >= 11 is 0. The molecule has 0 amide bonds. The number of hydrogen-bond acceptors (Lipinski definition) is 2. The lowest BCUT2D eigenvalue weighted by Crippen LogP contribution is -2.44. The van der Waals surface area contributed by atoms with E-state index < -0.39 is 24.3 Å². The van der Waals surface area contributed by atoms with E-state index in [1.54, 1.807) is 6.07 Å². The maximum Gasteiger partial charge on any atom is 0.402 e. The minimum Gasteiger partial charge on any atom is -0.493 e. The number of benzene rings is 1. The van der Waals surface area contributed by atoms with Gasteiger partial charge in [-0.15, -0.1) is 0 Å². The predicted molar refractivity (Wildman–Crippen MR) is 62.8 cm³/mol. The molecule has 0 radical (unpaired) electrons. The molecule has 0 aliphatic carbocycles. The van der Waals surface area contributed by atoms with Crippen molar-refractivity contribution < 1.29 is 31.1 Å². The molecule has 1 aliphatic heterocycles. The van der Waals surface area contributed by atoms with Gasteiger partial charge in [-0.1, -0.05) is 18.2 Å². The molecule has 1 atom stereocenters. The highest BCUT2D eigenvalue weighted by molar-refractivity contribution is 5.44. The average Bonchev–Trinajstić information content (AvgIpc) is 2.34. The van der Waals surface area contributed by atoms with Gasteiger partial charge < -0.3 is 10.5 Å². The van der Waals surface area contributed by atoms with Crippen LogP contribution in [-0.4, -0.2) is 19.0 Å². The first-order valence-corrected chi connectivity index (χ1v) is 6.26. The van der Waals surface area contributed by atoms with Gasteiger partial charge in [0.05, 0.1) is 12.6 Å². The highest BCUT2D eigenvalue weighted by Crippen LogP contribution is 2.47. The molecule has 1 heterocycles. The second-order valence-corrected chi connectivity index (χ2v) is 4.87. The van der Waals surface area contributed by atoms with Gasteiger partial charge in [0.25, 0.3) is 0 Å². The first-order chi connectivity index (χ1) is 9.62. The van der Waals surface area contributed by atoms with Crippen LogP contribution < -0.4 is 10.5 Å². The highest BCUT2D eigenvalue weighted by atomic mass is 19.4. The van der Waals surface area contributed by atoms with Gasteiger partial charge in [0.2, 0.25) is 0 Å². The van der Waals surface area contributed by atoms with E-state index in [4.69, 9.17) is 10.5 Å². The molecule has 0 saturated heterocycles. The number of para-hydroxylation sites is 1. The van der Waals surface area contributed by atoms with Crippen LogP contribution in [0.4, 0.5) is 26.3 Å². The summed E-state index contributed by atoms with van der Waals surface area (Å²) in [5, 5.41) is 0. The Balaban J connectivity index is 2.45. The van der Waals surface area contributed by atoms with Crippen LogP contribution >= 0.6 is 0 Å². The summed E-state index contributed by atoms with van der Waals surface area (Å²) in [5.41, 5.74) is 5.64. The Kier molecular flexibility index (Phi) is 4.10. The first kappa shape index (κ1) is 15.9. The predicted octanol–water partition coefficient (Wildman–Crippen LogP) is 3.75. The van der Waals surface area contributed by atoms with Crippen molar-refractivity contribution in [3.63, 3.8) is 0 Å². The van der Waals surface area contributed by atoms with Crippen molar-refractivity contribution in [1.82, 2.24) is 0 Å². The fourth-order valence-corrected chi connectivity index (χ4v) is 2.45. The zero-order valence-corrected chi connectivity index (χ0v) is 10.8. The van der Waals surface area contributed by atoms with E-state index >= 15 is 0 Å². The van der Waals surface area contributed by atoms with Crippen LogP contribution in [0.5, 0.6) is 5.75 Å². The van der Waals surface area contributed by atoms with Crippen LogP contribution in [0.2, 0.25) is 0 Å². The molecule has 1 aromatic carbocycles. The van der Waals surface area contributed by atoms with E-state index in [1.165, 1.54) is 6.07 Å². The minimum absolute atomic E-state index is 0.0507. The number of aryl methyl sites for hydroxylation is 1. The van der Waals surface area contributed by atoms with Gasteiger partial charge in [-0.2, -0.15) is 26.3 Å². The highest BCUT2D eigenvalue weighted by Gasteiger charge is 2.60. The van der Waals surface area contributed by atoms with E-state index in [9.17, 15) is 26.3 Å². The Morgan fingerprint density at radius 1 is 1.05 bits per heavy atom. The number of rotatable bonds is 2. The van der Waals surface area contributed by atoms with Crippen molar-refractivity contribution in [2.45, 2.75) is 31.2 Å². The van der Waals surface area contributed by atoms with Crippen molar-refractivity contribution in [2.24, 2.45) is 11.7 Å². The fraction of sp³-hybridized carbons (Fsp3) is 0.538. The Bertz CT molecular complexity index is 496. The third-order valence-corrected chi connectivity index (χ3v) is 3.39. The molecule has 118 valence electrons. The Labute approximate surface area is 116 Å². The van der Waals surface area contributed by atoms with Crippen molar-refractivity contribution in [2.75, 3.05) is 6.61 Å². The first-order valence-electron chi connectivity index (χ1n) is 6.26. The smallest absolute Gasteiger partial charge is 0.402 e. The van der Waals surface area contributed by atoms with Crippen molar-refractivity contribution >= 4 is 0 Å². The number of halogens is 6. The van der Waals surface area contributed by atoms with Gasteiger partial charge in [-0.05, 0) is 18.4 Å². The SMILES string of the molecule is NC(c1cccc2c1OCCC2)C(C(F)(F)F)C(F)(F)F. The molecule has 0 spiro atoms. The number of nitrogens with two attached hydrogens (primary N) is 1. The summed E-state index contributed by atoms with van der Waals surface area (Å²) in [6.45, 7) is 0.249. The number of alkyl halides is 6. The van der Waals surface area contributed by atoms with E-state index in [2.05, 4.69) is 0 Å². The number of ether oxygens (including phenoxy) is 1. The van der Waals surface area contributed by atoms with Gasteiger partial charge in [0.15, 0.2) is 5.92 Å². The van der Waals surface area contributed by atoms with Crippen molar-refractivity contribution in [3.8, 4) is 5.75 Å². The van der Waals surface area contributed by atoms with Gasteiger partial charge in [-0.3, -0.25) is 0 Å². The van der Waals surface area contributed by atoms with Gasteiger partial charge in [0.1, 0.15) is 5.75 Å². The molecule has 8 heteroatoms. The van der Waals surface area contributed by atoms with Crippen LogP contribution in [0.3, 0.4) is 0 Å². The topological polar surface area (TPSA) is 35.2 Å². The molecule has 0 saturated carbocycles. The molecule has 1 unspecified atom stereocenters. The number of hydrogen-bond donors (Lipinski definition) is 1. The second-order valence-electron chi connectivity index (χ2n) is 4.87. The van der Waals surface area contributed by atoms with E-state index in [-0.39, 0.29) is 17.9 Å². The molecule has 2 N–H and O–H groups in total. The summed E-state index contributed by atoms with van der Waals surface area (Å²) < 4.78 is 81.7. The normalized spacial score (nSPS) is 17.3. The quantitative estimate of drug-likeness (QED) is 0.844. The third-order valence-electron chi connectivity index (χ3n) is 3.39. The number of fused-ring (bicyclic) bond motifs is 1. The standard InChI is InChI=1S/C13H13F6NO/c14-12(15,16)11(13(17,18)19)9(20)8-5-1-3-7-4-2-6-21-10(7)8/h1,3,5,9,11H,2,4,6,20H2. The molecule has 21 heavy (non-hydrogen) atoms. The minimum atomic E-state index is -5.48. The Hall–Kier alpha value is -1.44. The third kappa shape index (κ3) is 3.25. The molecule has 0 bridgehead atoms.